The Morgan fingerprint density at radius 2 is 1.83 bits per heavy atom. The molecule has 0 saturated heterocycles. The summed E-state index contributed by atoms with van der Waals surface area (Å²) in [4.78, 5) is 14.6. The van der Waals surface area contributed by atoms with Crippen molar-refractivity contribution in [2.75, 3.05) is 7.05 Å². The lowest BCUT2D eigenvalue weighted by atomic mass is 9.84. The maximum Gasteiger partial charge on any atom is 0.227 e. The van der Waals surface area contributed by atoms with Gasteiger partial charge in [-0.1, -0.05) is 38.1 Å². The average molecular weight is 337 g/mol. The standard InChI is InChI=1S/C19H28N2O.ClH/c1-12(2)14-6-4-13(5-7-14)11-21(3)19(22)17-15-8-9-16(10-15)18(17)20;/h4-7,12,15-18H,8-11,20H2,1-3H3;1H. The van der Waals surface area contributed by atoms with E-state index in [1.807, 2.05) is 11.9 Å². The summed E-state index contributed by atoms with van der Waals surface area (Å²) in [7, 11) is 1.91. The summed E-state index contributed by atoms with van der Waals surface area (Å²) in [6, 6.07) is 8.69. The van der Waals surface area contributed by atoms with Gasteiger partial charge >= 0.3 is 0 Å². The molecule has 3 rings (SSSR count). The average Bonchev–Trinajstić information content (AvgIpc) is 3.08. The molecule has 0 aliphatic heterocycles. The maximum absolute atomic E-state index is 12.8. The molecule has 1 aromatic carbocycles. The molecule has 2 aliphatic carbocycles. The van der Waals surface area contributed by atoms with Crippen molar-refractivity contribution in [1.82, 2.24) is 4.90 Å². The second-order valence-electron chi connectivity index (χ2n) is 7.53. The van der Waals surface area contributed by atoms with Crippen molar-refractivity contribution < 1.29 is 4.79 Å². The molecule has 3 nitrogen and oxygen atoms in total. The van der Waals surface area contributed by atoms with Gasteiger partial charge in [0, 0.05) is 19.6 Å². The predicted octanol–water partition coefficient (Wildman–Crippen LogP) is 3.56. The largest absolute Gasteiger partial charge is 0.341 e. The fraction of sp³-hybridized carbons (Fsp3) is 0.632. The van der Waals surface area contributed by atoms with Crippen LogP contribution in [0.25, 0.3) is 0 Å². The van der Waals surface area contributed by atoms with Crippen molar-refractivity contribution in [3.63, 3.8) is 0 Å². The zero-order valence-corrected chi connectivity index (χ0v) is 15.2. The minimum Gasteiger partial charge on any atom is -0.341 e. The first kappa shape index (κ1) is 18.3. The number of benzene rings is 1. The highest BCUT2D eigenvalue weighted by Crippen LogP contribution is 2.48. The summed E-state index contributed by atoms with van der Waals surface area (Å²) in [5, 5.41) is 0. The van der Waals surface area contributed by atoms with Gasteiger partial charge in [-0.3, -0.25) is 4.79 Å². The van der Waals surface area contributed by atoms with Gasteiger partial charge in [0.1, 0.15) is 0 Å². The van der Waals surface area contributed by atoms with Gasteiger partial charge in [0.2, 0.25) is 5.91 Å². The summed E-state index contributed by atoms with van der Waals surface area (Å²) in [5.74, 6) is 1.95. The van der Waals surface area contributed by atoms with Crippen LogP contribution in [0.2, 0.25) is 0 Å². The van der Waals surface area contributed by atoms with Gasteiger partial charge in [-0.2, -0.15) is 0 Å². The van der Waals surface area contributed by atoms with Crippen LogP contribution in [0.5, 0.6) is 0 Å². The molecule has 0 aromatic heterocycles. The second kappa shape index (κ2) is 7.23. The number of carbonyl (C=O) groups is 1. The SMILES string of the molecule is CC(C)c1ccc(CN(C)C(=O)C2C3CCC(C3)C2N)cc1.Cl. The van der Waals surface area contributed by atoms with E-state index in [2.05, 4.69) is 38.1 Å². The van der Waals surface area contributed by atoms with Crippen LogP contribution >= 0.6 is 12.4 Å². The van der Waals surface area contributed by atoms with Gasteiger partial charge in [-0.25, -0.2) is 0 Å². The Hall–Kier alpha value is -1.06. The molecule has 23 heavy (non-hydrogen) atoms. The molecule has 2 aliphatic rings. The number of fused-ring (bicyclic) bond motifs is 2. The molecule has 2 bridgehead atoms. The van der Waals surface area contributed by atoms with Crippen LogP contribution in [0.15, 0.2) is 24.3 Å². The normalized spacial score (nSPS) is 28.7. The fourth-order valence-electron chi connectivity index (χ4n) is 4.32. The van der Waals surface area contributed by atoms with Crippen LogP contribution in [-0.2, 0) is 11.3 Å². The second-order valence-corrected chi connectivity index (χ2v) is 7.53. The first-order chi connectivity index (χ1) is 10.5. The number of rotatable bonds is 4. The van der Waals surface area contributed by atoms with Crippen molar-refractivity contribution in [3.05, 3.63) is 35.4 Å². The third kappa shape index (κ3) is 3.56. The number of hydrogen-bond donors (Lipinski definition) is 1. The smallest absolute Gasteiger partial charge is 0.227 e. The van der Waals surface area contributed by atoms with E-state index < -0.39 is 0 Å². The lowest BCUT2D eigenvalue weighted by Gasteiger charge is -2.31. The van der Waals surface area contributed by atoms with Gasteiger partial charge in [0.25, 0.3) is 0 Å². The number of hydrogen-bond acceptors (Lipinski definition) is 2. The highest BCUT2D eigenvalue weighted by Gasteiger charge is 2.49. The summed E-state index contributed by atoms with van der Waals surface area (Å²) in [6.45, 7) is 5.07. The molecule has 128 valence electrons. The lowest BCUT2D eigenvalue weighted by Crippen LogP contribution is -2.45. The number of nitrogens with zero attached hydrogens (tertiary/aromatic N) is 1. The van der Waals surface area contributed by atoms with Crippen LogP contribution in [0, 0.1) is 17.8 Å². The monoisotopic (exact) mass is 336 g/mol. The van der Waals surface area contributed by atoms with Crippen molar-refractivity contribution in [2.45, 2.75) is 51.6 Å². The molecular formula is C19H29ClN2O. The minimum absolute atomic E-state index is 0. The van der Waals surface area contributed by atoms with E-state index in [0.29, 0.717) is 24.3 Å². The summed E-state index contributed by atoms with van der Waals surface area (Å²) < 4.78 is 0. The van der Waals surface area contributed by atoms with Crippen LogP contribution in [-0.4, -0.2) is 23.9 Å². The molecular weight excluding hydrogens is 308 g/mol. The van der Waals surface area contributed by atoms with Gasteiger partial charge in [0.05, 0.1) is 5.92 Å². The topological polar surface area (TPSA) is 46.3 Å². The van der Waals surface area contributed by atoms with Crippen molar-refractivity contribution in [3.8, 4) is 0 Å². The molecule has 4 heteroatoms. The van der Waals surface area contributed by atoms with E-state index in [0.717, 1.165) is 6.42 Å². The Bertz CT molecular complexity index is 541. The highest BCUT2D eigenvalue weighted by molar-refractivity contribution is 5.85. The van der Waals surface area contributed by atoms with E-state index in [4.69, 9.17) is 5.73 Å². The molecule has 0 spiro atoms. The number of carbonyl (C=O) groups excluding carboxylic acids is 1. The van der Waals surface area contributed by atoms with Gasteiger partial charge in [-0.15, -0.1) is 12.4 Å². The first-order valence-electron chi connectivity index (χ1n) is 8.56. The predicted molar refractivity (Wildman–Crippen MR) is 96.5 cm³/mol. The maximum atomic E-state index is 12.8. The molecule has 0 heterocycles. The Balaban J connectivity index is 0.00000192. The molecule has 2 fully saturated rings. The van der Waals surface area contributed by atoms with Gasteiger partial charge in [-0.05, 0) is 48.1 Å². The van der Waals surface area contributed by atoms with Crippen LogP contribution in [0.4, 0.5) is 0 Å². The van der Waals surface area contributed by atoms with E-state index in [1.54, 1.807) is 0 Å². The van der Waals surface area contributed by atoms with E-state index >= 15 is 0 Å². The van der Waals surface area contributed by atoms with E-state index in [1.165, 1.54) is 24.0 Å². The quantitative estimate of drug-likeness (QED) is 0.913. The van der Waals surface area contributed by atoms with Crippen LogP contribution in [0.3, 0.4) is 0 Å². The number of nitrogens with two attached hydrogens (primary N) is 1. The minimum atomic E-state index is 0. The number of halogens is 1. The van der Waals surface area contributed by atoms with E-state index in [9.17, 15) is 4.79 Å². The van der Waals surface area contributed by atoms with Crippen molar-refractivity contribution in [2.24, 2.45) is 23.5 Å². The molecule has 4 atom stereocenters. The van der Waals surface area contributed by atoms with Crippen LogP contribution in [0.1, 0.15) is 50.2 Å². The molecule has 2 saturated carbocycles. The molecule has 1 amide bonds. The van der Waals surface area contributed by atoms with Gasteiger partial charge < -0.3 is 10.6 Å². The zero-order valence-electron chi connectivity index (χ0n) is 14.4. The first-order valence-corrected chi connectivity index (χ1v) is 8.56. The molecule has 1 aromatic rings. The third-order valence-electron chi connectivity index (χ3n) is 5.71. The van der Waals surface area contributed by atoms with E-state index in [-0.39, 0.29) is 30.3 Å². The summed E-state index contributed by atoms with van der Waals surface area (Å²) >= 11 is 0. The summed E-state index contributed by atoms with van der Waals surface area (Å²) in [5.41, 5.74) is 8.83. The highest BCUT2D eigenvalue weighted by atomic mass is 35.5. The Kier molecular flexibility index (Phi) is 5.74. The molecule has 2 N–H and O–H groups in total. The van der Waals surface area contributed by atoms with Crippen molar-refractivity contribution >= 4 is 18.3 Å². The number of amides is 1. The third-order valence-corrected chi connectivity index (χ3v) is 5.71. The Morgan fingerprint density at radius 3 is 2.35 bits per heavy atom. The molecule has 4 unspecified atom stereocenters. The Labute approximate surface area is 146 Å². The summed E-state index contributed by atoms with van der Waals surface area (Å²) in [6.07, 6.45) is 3.57. The van der Waals surface area contributed by atoms with Gasteiger partial charge in [0.15, 0.2) is 0 Å². The lowest BCUT2D eigenvalue weighted by molar-refractivity contribution is -0.137. The zero-order chi connectivity index (χ0) is 15.9. The van der Waals surface area contributed by atoms with Crippen molar-refractivity contribution in [1.29, 1.82) is 0 Å². The Morgan fingerprint density at radius 1 is 1.22 bits per heavy atom. The fourth-order valence-corrected chi connectivity index (χ4v) is 4.32. The molecule has 0 radical (unpaired) electrons. The van der Waals surface area contributed by atoms with Crippen LogP contribution < -0.4 is 5.73 Å².